The van der Waals surface area contributed by atoms with Crippen LogP contribution in [0.15, 0.2) is 30.5 Å². The van der Waals surface area contributed by atoms with Crippen molar-refractivity contribution in [2.45, 2.75) is 45.4 Å². The van der Waals surface area contributed by atoms with Crippen LogP contribution in [0.3, 0.4) is 0 Å². The zero-order valence-corrected chi connectivity index (χ0v) is 12.7. The van der Waals surface area contributed by atoms with E-state index in [9.17, 15) is 0 Å². The van der Waals surface area contributed by atoms with Crippen molar-refractivity contribution in [2.75, 3.05) is 0 Å². The first kappa shape index (κ1) is 15.8. The Morgan fingerprint density at radius 3 is 2.24 bits per heavy atom. The van der Waals surface area contributed by atoms with Gasteiger partial charge in [-0.3, -0.25) is 0 Å². The number of rotatable bonds is 7. The van der Waals surface area contributed by atoms with Gasteiger partial charge in [0.2, 0.25) is 0 Å². The molecule has 2 rings (SSSR count). The van der Waals surface area contributed by atoms with Gasteiger partial charge in [-0.2, -0.15) is 0 Å². The molecule has 0 saturated carbocycles. The fourth-order valence-electron chi connectivity index (χ4n) is 2.63. The van der Waals surface area contributed by atoms with E-state index in [4.69, 9.17) is 15.0 Å². The summed E-state index contributed by atoms with van der Waals surface area (Å²) in [5, 5.41) is 18.2. The normalized spacial score (nSPS) is 11.1. The first-order chi connectivity index (χ1) is 10.2. The zero-order valence-electron chi connectivity index (χ0n) is 12.7. The van der Waals surface area contributed by atoms with Crippen LogP contribution in [0.4, 0.5) is 0 Å². The van der Waals surface area contributed by atoms with Gasteiger partial charge < -0.3 is 15.0 Å². The summed E-state index contributed by atoms with van der Waals surface area (Å²) in [5.41, 5.74) is 2.37. The second-order valence-electron chi connectivity index (χ2n) is 5.44. The number of aromatic amines is 1. The first-order valence-corrected chi connectivity index (χ1v) is 7.67. The molecule has 3 N–H and O–H groups in total. The highest BCUT2D eigenvalue weighted by atomic mass is 16.4. The number of nitrogens with one attached hydrogen (secondary N) is 1. The predicted octanol–water partition coefficient (Wildman–Crippen LogP) is 2.44. The molecule has 0 aliphatic carbocycles. The fraction of sp³-hybridized carbons (Fsp3) is 0.438. The average Bonchev–Trinajstić information content (AvgIpc) is 2.97. The van der Waals surface area contributed by atoms with Gasteiger partial charge in [0.05, 0.1) is 5.69 Å². The molecule has 4 nitrogen and oxygen atoms in total. The lowest BCUT2D eigenvalue weighted by molar-refractivity contribution is 0.426. The molecule has 0 aliphatic rings. The zero-order chi connectivity index (χ0) is 15.2. The molecule has 1 aromatic carbocycles. The molecule has 5 heteroatoms. The molecule has 1 heterocycles. The molecule has 0 atom stereocenters. The maximum Gasteiger partial charge on any atom is 0.488 e. The van der Waals surface area contributed by atoms with E-state index >= 15 is 0 Å². The minimum absolute atomic E-state index is 0.490. The summed E-state index contributed by atoms with van der Waals surface area (Å²) in [6, 6.07) is 7.15. The fourth-order valence-corrected chi connectivity index (χ4v) is 2.63. The molecule has 0 aliphatic heterocycles. The molecular weight excluding hydrogens is 263 g/mol. The Hall–Kier alpha value is -1.59. The van der Waals surface area contributed by atoms with Crippen molar-refractivity contribution < 1.29 is 10.0 Å². The lowest BCUT2D eigenvalue weighted by atomic mass is 9.80. The molecule has 0 amide bonds. The topological polar surface area (TPSA) is 69.1 Å². The van der Waals surface area contributed by atoms with Crippen LogP contribution in [0.5, 0.6) is 0 Å². The van der Waals surface area contributed by atoms with Crippen LogP contribution in [0, 0.1) is 0 Å². The summed E-state index contributed by atoms with van der Waals surface area (Å²) < 4.78 is 0. The van der Waals surface area contributed by atoms with Crippen LogP contribution in [0.2, 0.25) is 0 Å². The SMILES string of the molecule is CCCC(CCC)c1nc(-c2ccc(B(O)O)cc2)c[nH]1. The highest BCUT2D eigenvalue weighted by Gasteiger charge is 2.15. The van der Waals surface area contributed by atoms with Crippen LogP contribution in [0.1, 0.15) is 51.3 Å². The van der Waals surface area contributed by atoms with Gasteiger partial charge in [-0.05, 0) is 18.3 Å². The van der Waals surface area contributed by atoms with E-state index in [2.05, 4.69) is 18.8 Å². The average molecular weight is 286 g/mol. The highest BCUT2D eigenvalue weighted by molar-refractivity contribution is 6.58. The lowest BCUT2D eigenvalue weighted by Gasteiger charge is -2.11. The van der Waals surface area contributed by atoms with Gasteiger partial charge >= 0.3 is 7.12 Å². The Morgan fingerprint density at radius 1 is 1.10 bits per heavy atom. The van der Waals surface area contributed by atoms with Crippen molar-refractivity contribution in [3.8, 4) is 11.3 Å². The molecule has 0 spiro atoms. The van der Waals surface area contributed by atoms with Crippen molar-refractivity contribution in [2.24, 2.45) is 0 Å². The van der Waals surface area contributed by atoms with Gasteiger partial charge in [0.1, 0.15) is 5.82 Å². The minimum Gasteiger partial charge on any atom is -0.423 e. The Kier molecular flexibility index (Phi) is 5.59. The van der Waals surface area contributed by atoms with Crippen molar-refractivity contribution in [1.29, 1.82) is 0 Å². The van der Waals surface area contributed by atoms with Crippen molar-refractivity contribution >= 4 is 12.6 Å². The summed E-state index contributed by atoms with van der Waals surface area (Å²) in [5.74, 6) is 1.55. The Morgan fingerprint density at radius 2 is 1.71 bits per heavy atom. The summed E-state index contributed by atoms with van der Waals surface area (Å²) in [6.45, 7) is 4.40. The van der Waals surface area contributed by atoms with E-state index < -0.39 is 7.12 Å². The van der Waals surface area contributed by atoms with Crippen LogP contribution in [-0.4, -0.2) is 27.1 Å². The van der Waals surface area contributed by atoms with Crippen LogP contribution in [-0.2, 0) is 0 Å². The molecular formula is C16H23BN2O2. The summed E-state index contributed by atoms with van der Waals surface area (Å²) in [6.07, 6.45) is 6.54. The molecule has 0 saturated heterocycles. The summed E-state index contributed by atoms with van der Waals surface area (Å²) >= 11 is 0. The van der Waals surface area contributed by atoms with Gasteiger partial charge in [-0.1, -0.05) is 51.0 Å². The van der Waals surface area contributed by atoms with Gasteiger partial charge in [-0.25, -0.2) is 4.98 Å². The van der Waals surface area contributed by atoms with Crippen molar-refractivity contribution in [3.05, 3.63) is 36.3 Å². The van der Waals surface area contributed by atoms with Gasteiger partial charge in [0, 0.05) is 17.7 Å². The molecule has 2 aromatic rings. The second-order valence-corrected chi connectivity index (χ2v) is 5.44. The lowest BCUT2D eigenvalue weighted by Crippen LogP contribution is -2.29. The molecule has 0 unspecified atom stereocenters. The van der Waals surface area contributed by atoms with Crippen LogP contribution in [0.25, 0.3) is 11.3 Å². The van der Waals surface area contributed by atoms with Crippen molar-refractivity contribution in [3.63, 3.8) is 0 Å². The number of H-pyrrole nitrogens is 1. The maximum atomic E-state index is 9.11. The van der Waals surface area contributed by atoms with Crippen molar-refractivity contribution in [1.82, 2.24) is 9.97 Å². The molecule has 21 heavy (non-hydrogen) atoms. The number of hydrogen-bond donors (Lipinski definition) is 3. The number of aromatic nitrogens is 2. The van der Waals surface area contributed by atoms with E-state index in [0.29, 0.717) is 11.4 Å². The number of nitrogens with zero attached hydrogens (tertiary/aromatic N) is 1. The molecule has 1 aromatic heterocycles. The highest BCUT2D eigenvalue weighted by Crippen LogP contribution is 2.26. The quantitative estimate of drug-likeness (QED) is 0.685. The summed E-state index contributed by atoms with van der Waals surface area (Å²) in [7, 11) is -1.42. The predicted molar refractivity (Wildman–Crippen MR) is 86.4 cm³/mol. The summed E-state index contributed by atoms with van der Waals surface area (Å²) in [4.78, 5) is 8.01. The van der Waals surface area contributed by atoms with E-state index in [1.54, 1.807) is 12.1 Å². The first-order valence-electron chi connectivity index (χ1n) is 7.67. The van der Waals surface area contributed by atoms with Gasteiger partial charge in [0.25, 0.3) is 0 Å². The number of hydrogen-bond acceptors (Lipinski definition) is 3. The molecule has 0 bridgehead atoms. The second kappa shape index (κ2) is 7.43. The Balaban J connectivity index is 2.18. The smallest absolute Gasteiger partial charge is 0.423 e. The minimum atomic E-state index is -1.42. The van der Waals surface area contributed by atoms with Gasteiger partial charge in [0.15, 0.2) is 0 Å². The third kappa shape index (κ3) is 3.96. The van der Waals surface area contributed by atoms with E-state index in [1.165, 1.54) is 0 Å². The van der Waals surface area contributed by atoms with Crippen LogP contribution < -0.4 is 5.46 Å². The molecule has 0 fully saturated rings. The largest absolute Gasteiger partial charge is 0.488 e. The third-order valence-electron chi connectivity index (χ3n) is 3.76. The monoisotopic (exact) mass is 286 g/mol. The number of imidazole rings is 1. The van der Waals surface area contributed by atoms with Gasteiger partial charge in [-0.15, -0.1) is 0 Å². The standard InChI is InChI=1S/C16H23BN2O2/c1-3-5-13(6-4-2)16-18-11-15(19-16)12-7-9-14(10-8-12)17(20)21/h7-11,13,20-21H,3-6H2,1-2H3,(H,18,19). The third-order valence-corrected chi connectivity index (χ3v) is 3.76. The van der Waals surface area contributed by atoms with Crippen LogP contribution >= 0.6 is 0 Å². The molecule has 0 radical (unpaired) electrons. The molecule has 112 valence electrons. The van der Waals surface area contributed by atoms with E-state index in [-0.39, 0.29) is 0 Å². The maximum absolute atomic E-state index is 9.11. The Labute approximate surface area is 126 Å². The number of benzene rings is 1. The Bertz CT molecular complexity index is 546. The van der Waals surface area contributed by atoms with E-state index in [1.807, 2.05) is 18.3 Å². The van der Waals surface area contributed by atoms with E-state index in [0.717, 1.165) is 42.8 Å².